The Morgan fingerprint density at radius 1 is 1.21 bits per heavy atom. The number of anilines is 1. The number of carbonyl (C=O) groups excluding carboxylic acids is 1. The molecule has 24 heavy (non-hydrogen) atoms. The van der Waals surface area contributed by atoms with Crippen molar-refractivity contribution in [3.63, 3.8) is 0 Å². The lowest BCUT2D eigenvalue weighted by Crippen LogP contribution is -2.44. The second-order valence-corrected chi connectivity index (χ2v) is 8.11. The number of aromatic nitrogens is 1. The molecule has 126 valence electrons. The zero-order valence-electron chi connectivity index (χ0n) is 14.1. The second kappa shape index (κ2) is 7.71. The average Bonchev–Trinajstić information content (AvgIpc) is 2.59. The maximum Gasteiger partial charge on any atom is 0.256 e. The summed E-state index contributed by atoms with van der Waals surface area (Å²) < 4.78 is 0. The Bertz CT molecular complexity index is 682. The predicted molar refractivity (Wildman–Crippen MR) is 100 cm³/mol. The van der Waals surface area contributed by atoms with Gasteiger partial charge in [0.15, 0.2) is 0 Å². The van der Waals surface area contributed by atoms with Gasteiger partial charge in [-0.1, -0.05) is 32.0 Å². The van der Waals surface area contributed by atoms with E-state index in [0.717, 1.165) is 29.9 Å². The van der Waals surface area contributed by atoms with Crippen LogP contribution in [0.15, 0.2) is 48.8 Å². The minimum atomic E-state index is 0.114. The fourth-order valence-electron chi connectivity index (χ4n) is 3.04. The summed E-state index contributed by atoms with van der Waals surface area (Å²) in [6.07, 6.45) is 3.60. The normalized spacial score (nSPS) is 20.7. The molecular weight excluding hydrogens is 318 g/mol. The fourth-order valence-corrected chi connectivity index (χ4v) is 4.36. The molecule has 1 aliphatic rings. The first-order chi connectivity index (χ1) is 11.6. The number of benzene rings is 1. The number of carbonyl (C=O) groups is 1. The molecule has 1 saturated heterocycles. The van der Waals surface area contributed by atoms with Gasteiger partial charge in [0.05, 0.1) is 5.56 Å². The van der Waals surface area contributed by atoms with Crippen molar-refractivity contribution in [1.82, 2.24) is 9.88 Å². The van der Waals surface area contributed by atoms with E-state index in [1.165, 1.54) is 0 Å². The van der Waals surface area contributed by atoms with Crippen molar-refractivity contribution in [2.45, 2.75) is 30.9 Å². The molecule has 1 aliphatic heterocycles. The van der Waals surface area contributed by atoms with Gasteiger partial charge in [-0.15, -0.1) is 0 Å². The molecule has 2 atom stereocenters. The van der Waals surface area contributed by atoms with E-state index < -0.39 is 0 Å². The summed E-state index contributed by atoms with van der Waals surface area (Å²) >= 11 is 1.95. The third-order valence-electron chi connectivity index (χ3n) is 4.07. The highest BCUT2D eigenvalue weighted by molar-refractivity contribution is 8.00. The lowest BCUT2D eigenvalue weighted by atomic mass is 10.1. The Morgan fingerprint density at radius 3 is 2.67 bits per heavy atom. The van der Waals surface area contributed by atoms with Gasteiger partial charge in [0.25, 0.3) is 5.91 Å². The number of hydrogen-bond donors (Lipinski definition) is 1. The van der Waals surface area contributed by atoms with Crippen LogP contribution in [0.5, 0.6) is 0 Å². The predicted octanol–water partition coefficient (Wildman–Crippen LogP) is 3.66. The average molecular weight is 341 g/mol. The molecule has 0 aliphatic carbocycles. The fraction of sp³-hybridized carbons (Fsp3) is 0.368. The smallest absolute Gasteiger partial charge is 0.256 e. The Kier molecular flexibility index (Phi) is 5.41. The molecular formula is C19H23N3OS. The van der Waals surface area contributed by atoms with Gasteiger partial charge in [0.2, 0.25) is 0 Å². The van der Waals surface area contributed by atoms with Crippen molar-refractivity contribution in [2.24, 2.45) is 0 Å². The number of thioether (sulfide) groups is 1. The van der Waals surface area contributed by atoms with Crippen molar-refractivity contribution in [3.05, 3.63) is 59.9 Å². The number of nitrogens with zero attached hydrogens (tertiary/aromatic N) is 2. The van der Waals surface area contributed by atoms with Crippen molar-refractivity contribution in [1.29, 1.82) is 0 Å². The Labute approximate surface area is 147 Å². The van der Waals surface area contributed by atoms with E-state index in [9.17, 15) is 4.79 Å². The van der Waals surface area contributed by atoms with E-state index >= 15 is 0 Å². The van der Waals surface area contributed by atoms with Crippen LogP contribution in [-0.2, 0) is 6.54 Å². The number of para-hydroxylation sites is 1. The zero-order chi connectivity index (χ0) is 16.9. The van der Waals surface area contributed by atoms with Gasteiger partial charge in [0.1, 0.15) is 0 Å². The molecule has 0 spiro atoms. The van der Waals surface area contributed by atoms with Gasteiger partial charge in [0, 0.05) is 48.2 Å². The topological polar surface area (TPSA) is 45.2 Å². The van der Waals surface area contributed by atoms with Crippen LogP contribution in [0.2, 0.25) is 0 Å². The van der Waals surface area contributed by atoms with Crippen LogP contribution in [0.25, 0.3) is 0 Å². The molecule has 2 aromatic rings. The van der Waals surface area contributed by atoms with E-state index in [1.54, 1.807) is 6.20 Å². The van der Waals surface area contributed by atoms with Crippen LogP contribution in [-0.4, -0.2) is 39.4 Å². The Balaban J connectivity index is 1.74. The number of rotatable bonds is 4. The molecule has 5 heteroatoms. The summed E-state index contributed by atoms with van der Waals surface area (Å²) in [6.45, 7) is 6.65. The summed E-state index contributed by atoms with van der Waals surface area (Å²) in [7, 11) is 0. The number of nitrogens with one attached hydrogen (secondary N) is 1. The summed E-state index contributed by atoms with van der Waals surface area (Å²) in [5.74, 6) is 0.114. The molecule has 1 fully saturated rings. The SMILES string of the molecule is C[C@H]1CN(C(=O)c2ccccc2NCc2cccnc2)C[C@H](C)S1. The molecule has 0 unspecified atom stereocenters. The van der Waals surface area contributed by atoms with E-state index in [-0.39, 0.29) is 5.91 Å². The molecule has 4 nitrogen and oxygen atoms in total. The van der Waals surface area contributed by atoms with Gasteiger partial charge < -0.3 is 10.2 Å². The Morgan fingerprint density at radius 2 is 1.96 bits per heavy atom. The van der Waals surface area contributed by atoms with E-state index in [2.05, 4.69) is 24.1 Å². The van der Waals surface area contributed by atoms with Crippen LogP contribution in [0.3, 0.4) is 0 Å². The van der Waals surface area contributed by atoms with E-state index in [1.807, 2.05) is 59.3 Å². The molecule has 2 heterocycles. The second-order valence-electron chi connectivity index (χ2n) is 6.23. The lowest BCUT2D eigenvalue weighted by molar-refractivity contribution is 0.0754. The summed E-state index contributed by atoms with van der Waals surface area (Å²) in [5.41, 5.74) is 2.72. The number of hydrogen-bond acceptors (Lipinski definition) is 4. The van der Waals surface area contributed by atoms with Crippen LogP contribution >= 0.6 is 11.8 Å². The van der Waals surface area contributed by atoms with Crippen LogP contribution in [0.4, 0.5) is 5.69 Å². The highest BCUT2D eigenvalue weighted by atomic mass is 32.2. The van der Waals surface area contributed by atoms with Crippen LogP contribution < -0.4 is 5.32 Å². The molecule has 0 radical (unpaired) electrons. The van der Waals surface area contributed by atoms with E-state index in [0.29, 0.717) is 17.0 Å². The van der Waals surface area contributed by atoms with Crippen LogP contribution in [0.1, 0.15) is 29.8 Å². The standard InChI is InChI=1S/C19H23N3OS/c1-14-12-22(13-15(2)24-14)19(23)17-7-3-4-8-18(17)21-11-16-6-5-9-20-10-16/h3-10,14-15,21H,11-13H2,1-2H3/t14-,15-/m0/s1. The minimum Gasteiger partial charge on any atom is -0.380 e. The first-order valence-electron chi connectivity index (χ1n) is 8.30. The minimum absolute atomic E-state index is 0.114. The summed E-state index contributed by atoms with van der Waals surface area (Å²) in [5, 5.41) is 4.34. The highest BCUT2D eigenvalue weighted by Crippen LogP contribution is 2.27. The van der Waals surface area contributed by atoms with Gasteiger partial charge in [-0.05, 0) is 23.8 Å². The molecule has 1 aromatic heterocycles. The van der Waals surface area contributed by atoms with Gasteiger partial charge >= 0.3 is 0 Å². The molecule has 1 aromatic carbocycles. The largest absolute Gasteiger partial charge is 0.380 e. The highest BCUT2D eigenvalue weighted by Gasteiger charge is 2.27. The maximum absolute atomic E-state index is 13.0. The number of amides is 1. The quantitative estimate of drug-likeness (QED) is 0.922. The molecule has 0 bridgehead atoms. The third-order valence-corrected chi connectivity index (χ3v) is 5.30. The third kappa shape index (κ3) is 4.09. The maximum atomic E-state index is 13.0. The number of pyridine rings is 1. The van der Waals surface area contributed by atoms with Crippen molar-refractivity contribution in [2.75, 3.05) is 18.4 Å². The molecule has 3 rings (SSSR count). The van der Waals surface area contributed by atoms with Crippen LogP contribution in [0, 0.1) is 0 Å². The first-order valence-corrected chi connectivity index (χ1v) is 9.24. The van der Waals surface area contributed by atoms with Crippen molar-refractivity contribution >= 4 is 23.4 Å². The first kappa shape index (κ1) is 16.8. The van der Waals surface area contributed by atoms with Gasteiger partial charge in [-0.25, -0.2) is 0 Å². The molecule has 0 saturated carbocycles. The summed E-state index contributed by atoms with van der Waals surface area (Å²) in [6, 6.07) is 11.7. The zero-order valence-corrected chi connectivity index (χ0v) is 14.9. The van der Waals surface area contributed by atoms with Gasteiger partial charge in [-0.3, -0.25) is 9.78 Å². The Hall–Kier alpha value is -2.01. The van der Waals surface area contributed by atoms with Gasteiger partial charge in [-0.2, -0.15) is 11.8 Å². The monoisotopic (exact) mass is 341 g/mol. The molecule has 1 N–H and O–H groups in total. The van der Waals surface area contributed by atoms with E-state index in [4.69, 9.17) is 0 Å². The summed E-state index contributed by atoms with van der Waals surface area (Å²) in [4.78, 5) is 19.1. The van der Waals surface area contributed by atoms with Crippen molar-refractivity contribution in [3.8, 4) is 0 Å². The van der Waals surface area contributed by atoms with Crippen molar-refractivity contribution < 1.29 is 4.79 Å². The molecule has 1 amide bonds. The lowest BCUT2D eigenvalue weighted by Gasteiger charge is -2.35.